The van der Waals surface area contributed by atoms with Crippen molar-refractivity contribution in [2.45, 2.75) is 59.1 Å². The molecule has 0 aromatic carbocycles. The van der Waals surface area contributed by atoms with Crippen molar-refractivity contribution in [3.63, 3.8) is 0 Å². The first kappa shape index (κ1) is 13.7. The molecule has 94 valence electrons. The first-order chi connectivity index (χ1) is 7.89. The molecule has 0 aliphatic rings. The van der Waals surface area contributed by atoms with E-state index < -0.39 is 5.60 Å². The highest BCUT2D eigenvalue weighted by Gasteiger charge is 2.20. The van der Waals surface area contributed by atoms with Gasteiger partial charge in [-0.2, -0.15) is 5.26 Å². The molecular weight excluding hydrogens is 214 g/mol. The number of unbranched alkanes of at least 4 members (excludes halogenated alkanes) is 1. The Morgan fingerprint density at radius 1 is 1.47 bits per heavy atom. The summed E-state index contributed by atoms with van der Waals surface area (Å²) in [5, 5.41) is 18.9. The van der Waals surface area contributed by atoms with Gasteiger partial charge in [0.2, 0.25) is 0 Å². The van der Waals surface area contributed by atoms with Crippen LogP contribution in [0.4, 0.5) is 0 Å². The summed E-state index contributed by atoms with van der Waals surface area (Å²) in [5.41, 5.74) is 0.528. The largest absolute Gasteiger partial charge is 0.389 e. The van der Waals surface area contributed by atoms with Crippen LogP contribution in [0.3, 0.4) is 0 Å². The summed E-state index contributed by atoms with van der Waals surface area (Å²) in [5.74, 6) is 0.906. The average Bonchev–Trinajstić information content (AvgIpc) is 2.51. The molecule has 0 radical (unpaired) electrons. The molecule has 0 atom stereocenters. The SMILES string of the molecule is CCCCc1nc(C#N)c(C)n1CC(C)(C)O. The topological polar surface area (TPSA) is 61.8 Å². The second-order valence-electron chi connectivity index (χ2n) is 5.08. The molecule has 0 aliphatic heterocycles. The van der Waals surface area contributed by atoms with Gasteiger partial charge in [-0.3, -0.25) is 0 Å². The summed E-state index contributed by atoms with van der Waals surface area (Å²) >= 11 is 0. The molecule has 4 heteroatoms. The fourth-order valence-electron chi connectivity index (χ4n) is 1.82. The van der Waals surface area contributed by atoms with Gasteiger partial charge in [-0.25, -0.2) is 4.98 Å². The molecule has 0 fully saturated rings. The van der Waals surface area contributed by atoms with Gasteiger partial charge in [-0.15, -0.1) is 0 Å². The summed E-state index contributed by atoms with van der Waals surface area (Å²) in [7, 11) is 0. The number of nitriles is 1. The van der Waals surface area contributed by atoms with Crippen LogP contribution in [0.1, 0.15) is 50.8 Å². The predicted molar refractivity (Wildman–Crippen MR) is 66.6 cm³/mol. The van der Waals surface area contributed by atoms with Crippen LogP contribution in [0.25, 0.3) is 0 Å². The molecule has 17 heavy (non-hydrogen) atoms. The lowest BCUT2D eigenvalue weighted by Gasteiger charge is -2.20. The zero-order valence-corrected chi connectivity index (χ0v) is 11.1. The van der Waals surface area contributed by atoms with Gasteiger partial charge in [0.1, 0.15) is 11.9 Å². The molecule has 0 spiro atoms. The second kappa shape index (κ2) is 5.33. The summed E-state index contributed by atoms with van der Waals surface area (Å²) in [6.45, 7) is 8.02. The Hall–Kier alpha value is -1.34. The molecule has 0 saturated carbocycles. The molecule has 1 aromatic heterocycles. The van der Waals surface area contributed by atoms with Crippen molar-refractivity contribution < 1.29 is 5.11 Å². The van der Waals surface area contributed by atoms with E-state index in [1.54, 1.807) is 13.8 Å². The molecule has 1 aromatic rings. The number of hydrogen-bond donors (Lipinski definition) is 1. The average molecular weight is 235 g/mol. The minimum Gasteiger partial charge on any atom is -0.389 e. The number of nitrogens with zero attached hydrogens (tertiary/aromatic N) is 3. The standard InChI is InChI=1S/C13H21N3O/c1-5-6-7-12-15-11(8-14)10(2)16(12)9-13(3,4)17/h17H,5-7,9H2,1-4H3. The Balaban J connectivity index is 3.06. The summed E-state index contributed by atoms with van der Waals surface area (Å²) in [6, 6.07) is 2.10. The van der Waals surface area contributed by atoms with E-state index in [9.17, 15) is 5.11 Å². The number of aliphatic hydroxyl groups is 1. The van der Waals surface area contributed by atoms with Crippen LogP contribution in [0.2, 0.25) is 0 Å². The van der Waals surface area contributed by atoms with E-state index in [4.69, 9.17) is 5.26 Å². The van der Waals surface area contributed by atoms with Crippen molar-refractivity contribution >= 4 is 0 Å². The smallest absolute Gasteiger partial charge is 0.161 e. The number of rotatable bonds is 5. The Kier molecular flexibility index (Phi) is 4.30. The van der Waals surface area contributed by atoms with E-state index in [1.165, 1.54) is 0 Å². The van der Waals surface area contributed by atoms with Crippen molar-refractivity contribution in [3.05, 3.63) is 17.2 Å². The van der Waals surface area contributed by atoms with Gasteiger partial charge in [-0.05, 0) is 27.2 Å². The molecule has 0 saturated heterocycles. The zero-order valence-electron chi connectivity index (χ0n) is 11.1. The maximum absolute atomic E-state index is 9.90. The van der Waals surface area contributed by atoms with E-state index in [0.29, 0.717) is 12.2 Å². The minimum absolute atomic E-state index is 0.473. The van der Waals surface area contributed by atoms with Crippen LogP contribution >= 0.6 is 0 Å². The van der Waals surface area contributed by atoms with Gasteiger partial charge >= 0.3 is 0 Å². The lowest BCUT2D eigenvalue weighted by molar-refractivity contribution is 0.0600. The highest BCUT2D eigenvalue weighted by molar-refractivity contribution is 5.28. The molecule has 0 unspecified atom stereocenters. The van der Waals surface area contributed by atoms with Crippen molar-refractivity contribution in [2.75, 3.05) is 0 Å². The highest BCUT2D eigenvalue weighted by Crippen LogP contribution is 2.16. The van der Waals surface area contributed by atoms with Gasteiger partial charge in [0.05, 0.1) is 17.8 Å². The van der Waals surface area contributed by atoms with Crippen LogP contribution in [0.15, 0.2) is 0 Å². The van der Waals surface area contributed by atoms with Crippen LogP contribution < -0.4 is 0 Å². The summed E-state index contributed by atoms with van der Waals surface area (Å²) in [6.07, 6.45) is 3.00. The highest BCUT2D eigenvalue weighted by atomic mass is 16.3. The molecule has 0 amide bonds. The lowest BCUT2D eigenvalue weighted by Crippen LogP contribution is -2.27. The first-order valence-corrected chi connectivity index (χ1v) is 6.07. The van der Waals surface area contributed by atoms with Crippen molar-refractivity contribution in [1.29, 1.82) is 5.26 Å². The molecule has 4 nitrogen and oxygen atoms in total. The second-order valence-corrected chi connectivity index (χ2v) is 5.08. The van der Waals surface area contributed by atoms with Crippen molar-refractivity contribution in [1.82, 2.24) is 9.55 Å². The molecular formula is C13H21N3O. The van der Waals surface area contributed by atoms with Crippen LogP contribution in [-0.4, -0.2) is 20.3 Å². The Morgan fingerprint density at radius 2 is 2.12 bits per heavy atom. The van der Waals surface area contributed by atoms with E-state index in [2.05, 4.69) is 18.0 Å². The Morgan fingerprint density at radius 3 is 2.59 bits per heavy atom. The molecule has 1 rings (SSSR count). The lowest BCUT2D eigenvalue weighted by atomic mass is 10.1. The van der Waals surface area contributed by atoms with Gasteiger partial charge in [-0.1, -0.05) is 13.3 Å². The Labute approximate surface area is 103 Å². The van der Waals surface area contributed by atoms with E-state index in [0.717, 1.165) is 30.8 Å². The molecule has 1 N–H and O–H groups in total. The van der Waals surface area contributed by atoms with E-state index >= 15 is 0 Å². The van der Waals surface area contributed by atoms with Gasteiger partial charge in [0.25, 0.3) is 0 Å². The van der Waals surface area contributed by atoms with Gasteiger partial charge in [0, 0.05) is 6.42 Å². The van der Waals surface area contributed by atoms with E-state index in [1.807, 2.05) is 11.5 Å². The maximum Gasteiger partial charge on any atom is 0.161 e. The maximum atomic E-state index is 9.90. The van der Waals surface area contributed by atoms with Crippen molar-refractivity contribution in [2.24, 2.45) is 0 Å². The number of hydrogen-bond acceptors (Lipinski definition) is 3. The summed E-state index contributed by atoms with van der Waals surface area (Å²) in [4.78, 5) is 4.34. The predicted octanol–water partition coefficient (Wildman–Crippen LogP) is 2.18. The van der Waals surface area contributed by atoms with Crippen molar-refractivity contribution in [3.8, 4) is 6.07 Å². The van der Waals surface area contributed by atoms with Crippen LogP contribution in [-0.2, 0) is 13.0 Å². The van der Waals surface area contributed by atoms with Crippen LogP contribution in [0.5, 0.6) is 0 Å². The zero-order chi connectivity index (χ0) is 13.1. The third-order valence-corrected chi connectivity index (χ3v) is 2.70. The fraction of sp³-hybridized carbons (Fsp3) is 0.692. The van der Waals surface area contributed by atoms with E-state index in [-0.39, 0.29) is 0 Å². The normalized spacial score (nSPS) is 11.5. The third kappa shape index (κ3) is 3.57. The minimum atomic E-state index is -0.793. The molecule has 0 bridgehead atoms. The third-order valence-electron chi connectivity index (χ3n) is 2.70. The Bertz CT molecular complexity index is 421. The van der Waals surface area contributed by atoms with Gasteiger partial charge < -0.3 is 9.67 Å². The first-order valence-electron chi connectivity index (χ1n) is 6.07. The molecule has 0 aliphatic carbocycles. The number of imidazole rings is 1. The van der Waals surface area contributed by atoms with Gasteiger partial charge in [0.15, 0.2) is 5.69 Å². The summed E-state index contributed by atoms with van der Waals surface area (Å²) < 4.78 is 1.97. The van der Waals surface area contributed by atoms with Crippen LogP contribution in [0, 0.1) is 18.3 Å². The number of aromatic nitrogens is 2. The monoisotopic (exact) mass is 235 g/mol. The fourth-order valence-corrected chi connectivity index (χ4v) is 1.82. The molecule has 1 heterocycles. The number of aryl methyl sites for hydroxylation is 1. The quantitative estimate of drug-likeness (QED) is 0.850.